The minimum absolute atomic E-state index is 0. The van der Waals surface area contributed by atoms with Crippen LogP contribution in [0, 0.1) is 27.7 Å². The summed E-state index contributed by atoms with van der Waals surface area (Å²) in [6.07, 6.45) is 5.91. The zero-order valence-electron chi connectivity index (χ0n) is 26.4. The molecule has 12 heteroatoms. The third-order valence-electron chi connectivity index (χ3n) is 8.55. The fourth-order valence-electron chi connectivity index (χ4n) is 6.17. The zero-order chi connectivity index (χ0) is 32.9. The van der Waals surface area contributed by atoms with Crippen molar-refractivity contribution in [3.63, 3.8) is 0 Å². The first-order valence-electron chi connectivity index (χ1n) is 14.7. The Bertz CT molecular complexity index is 2150. The summed E-state index contributed by atoms with van der Waals surface area (Å²) in [5.74, 6) is -1.88. The number of thiocarbonyl (C=S) groups is 1. The molecule has 0 fully saturated rings. The standard InChI is InChI=1S/C34H38N5O4S2.Fe/c1-14-20(7-9-28(40)41)33-32(35)34-21(8-10-29(42)43)15(2)23(39-34)12-26-31(19(6)45)17(4)25(37-26)13-27-30(18(5)44)16(3)24(36-27)11-22(14)38-33;/h11-13,18H,7-10H2,1-6H3,(H8-,35,36,37,38,39,40,41,42,43,44,45);/q-1;+4/p-3/b22-11?,23-12-,24-11-,25-13?,26-12?,27-13-,33-32?,34-32+;/t18-;/m0./s1. The van der Waals surface area contributed by atoms with Crippen LogP contribution in [0.2, 0.25) is 0 Å². The summed E-state index contributed by atoms with van der Waals surface area (Å²) >= 11 is 10.4. The van der Waals surface area contributed by atoms with Crippen LogP contribution in [0.5, 0.6) is 0 Å². The second kappa shape index (κ2) is 13.6. The molecule has 4 N–H and O–H groups in total. The predicted octanol–water partition coefficient (Wildman–Crippen LogP) is 1.42. The molecule has 1 atom stereocenters. The topological polar surface area (TPSA) is 157 Å². The Labute approximate surface area is 288 Å². The number of nitrogens with two attached hydrogens (primary N) is 1. The van der Waals surface area contributed by atoms with Crippen molar-refractivity contribution in [1.29, 1.82) is 0 Å². The van der Waals surface area contributed by atoms with E-state index in [-0.39, 0.29) is 53.7 Å². The first kappa shape index (κ1) is 35.2. The van der Waals surface area contributed by atoms with Crippen molar-refractivity contribution in [2.75, 3.05) is 0 Å². The molecule has 0 aromatic carbocycles. The van der Waals surface area contributed by atoms with Gasteiger partial charge in [-0.2, -0.15) is 12.6 Å². The normalized spacial score (nSPS) is 16.3. The minimum atomic E-state index is -0.941. The van der Waals surface area contributed by atoms with E-state index in [1.54, 1.807) is 0 Å². The molecule has 5 heterocycles. The van der Waals surface area contributed by atoms with Gasteiger partial charge in [0.1, 0.15) is 0 Å². The summed E-state index contributed by atoms with van der Waals surface area (Å²) in [5, 5.41) is 21.4. The van der Waals surface area contributed by atoms with Gasteiger partial charge in [0.15, 0.2) is 0 Å². The van der Waals surface area contributed by atoms with Crippen molar-refractivity contribution in [3.05, 3.63) is 88.7 Å². The molecule has 9 nitrogen and oxygen atoms in total. The van der Waals surface area contributed by atoms with E-state index in [0.29, 0.717) is 49.1 Å². The summed E-state index contributed by atoms with van der Waals surface area (Å²) < 4.78 is 0. The number of thiol groups is 1. The second-order valence-electron chi connectivity index (χ2n) is 11.6. The molecule has 5 rings (SSSR count). The number of hydrogen-bond donors (Lipinski definition) is 4. The van der Waals surface area contributed by atoms with Crippen molar-refractivity contribution in [3.8, 4) is 0 Å². The van der Waals surface area contributed by atoms with E-state index in [0.717, 1.165) is 44.4 Å². The summed E-state index contributed by atoms with van der Waals surface area (Å²) in [6, 6.07) is 0. The Morgan fingerprint density at radius 3 is 1.93 bits per heavy atom. The van der Waals surface area contributed by atoms with Gasteiger partial charge < -0.3 is 35.9 Å². The molecular formula is C34H35FeN5O4S2. The first-order chi connectivity index (χ1) is 21.2. The molecule has 1 aliphatic rings. The maximum absolute atomic E-state index is 11.6. The van der Waals surface area contributed by atoms with Gasteiger partial charge in [-0.3, -0.25) is 9.59 Å². The number of carboxylic acid groups (broad SMARTS) is 2. The smallest absolute Gasteiger partial charge is 0.657 e. The van der Waals surface area contributed by atoms with Gasteiger partial charge in [-0.1, -0.05) is 63.8 Å². The molecule has 0 aliphatic carbocycles. The van der Waals surface area contributed by atoms with Crippen LogP contribution in [-0.4, -0.2) is 27.0 Å². The number of aromatic nitrogens is 4. The summed E-state index contributed by atoms with van der Waals surface area (Å²) in [7, 11) is 0. The SMILES string of the molecule is CC(=S)c1c2[n-]c(c1C)/C=c1\[n-]/c(c(C)c1[C@H](C)S)=C\c1[n-]c(c(CCC(=O)O)c1C)/C(N)=c1\[n-]/c(c(C)c1CCC(=O)O)=C\2.[Fe+4]. The van der Waals surface area contributed by atoms with Crippen LogP contribution in [0.3, 0.4) is 0 Å². The number of carboxylic acids is 2. The van der Waals surface area contributed by atoms with Gasteiger partial charge in [-0.15, -0.1) is 44.2 Å². The van der Waals surface area contributed by atoms with E-state index in [2.05, 4.69) is 0 Å². The summed E-state index contributed by atoms with van der Waals surface area (Å²) in [6.45, 7) is 11.6. The van der Waals surface area contributed by atoms with Crippen LogP contribution in [0.15, 0.2) is 0 Å². The van der Waals surface area contributed by atoms with Gasteiger partial charge in [0.25, 0.3) is 0 Å². The van der Waals surface area contributed by atoms with E-state index in [4.69, 9.17) is 50.5 Å². The number of carbonyl (C=O) groups is 2. The number of aliphatic carboxylic acids is 2. The van der Waals surface area contributed by atoms with Gasteiger partial charge in [-0.25, -0.2) is 0 Å². The van der Waals surface area contributed by atoms with Crippen molar-refractivity contribution in [2.45, 2.75) is 72.5 Å². The molecule has 4 aromatic rings. The van der Waals surface area contributed by atoms with Gasteiger partial charge in [0.2, 0.25) is 0 Å². The quantitative estimate of drug-likeness (QED) is 0.0920. The molecule has 0 amide bonds. The summed E-state index contributed by atoms with van der Waals surface area (Å²) in [5.41, 5.74) is 16.2. The molecular weight excluding hydrogens is 662 g/mol. The molecule has 1 aliphatic heterocycles. The molecule has 0 saturated heterocycles. The monoisotopic (exact) mass is 697 g/mol. The number of fused-ring (bicyclic) bond motifs is 8. The van der Waals surface area contributed by atoms with E-state index in [1.807, 2.05) is 59.8 Å². The second-order valence-corrected chi connectivity index (χ2v) is 13.0. The third kappa shape index (κ3) is 6.44. The fourth-order valence-corrected chi connectivity index (χ4v) is 6.76. The predicted molar refractivity (Wildman–Crippen MR) is 181 cm³/mol. The molecule has 0 spiro atoms. The Balaban J connectivity index is 0.00000480. The third-order valence-corrected chi connectivity index (χ3v) is 9.01. The zero-order valence-corrected chi connectivity index (χ0v) is 29.2. The van der Waals surface area contributed by atoms with Gasteiger partial charge >= 0.3 is 29.0 Å². The molecule has 0 unspecified atom stereocenters. The Morgan fingerprint density at radius 2 is 1.35 bits per heavy atom. The van der Waals surface area contributed by atoms with Crippen molar-refractivity contribution in [1.82, 2.24) is 19.9 Å². The molecule has 46 heavy (non-hydrogen) atoms. The Morgan fingerprint density at radius 1 is 0.804 bits per heavy atom. The number of rotatable bonds is 8. The van der Waals surface area contributed by atoms with E-state index in [1.165, 1.54) is 0 Å². The van der Waals surface area contributed by atoms with Crippen LogP contribution in [0.4, 0.5) is 0 Å². The summed E-state index contributed by atoms with van der Waals surface area (Å²) in [4.78, 5) is 43.8. The van der Waals surface area contributed by atoms with E-state index < -0.39 is 11.9 Å². The molecule has 4 aromatic heterocycles. The van der Waals surface area contributed by atoms with Crippen LogP contribution >= 0.6 is 24.8 Å². The molecule has 0 saturated carbocycles. The maximum atomic E-state index is 11.6. The van der Waals surface area contributed by atoms with E-state index >= 15 is 0 Å². The number of nitrogens with zero attached hydrogens (tertiary/aromatic N) is 4. The fraction of sp³-hybridized carbons (Fsp3) is 0.324. The van der Waals surface area contributed by atoms with Crippen LogP contribution < -0.4 is 47.1 Å². The van der Waals surface area contributed by atoms with Crippen LogP contribution in [-0.2, 0) is 39.5 Å². The van der Waals surface area contributed by atoms with Crippen molar-refractivity contribution < 1.29 is 36.9 Å². The number of hydrogen-bond acceptors (Lipinski definition) is 5. The largest absolute Gasteiger partial charge is 4.00 e. The van der Waals surface area contributed by atoms with Crippen LogP contribution in [0.25, 0.3) is 23.9 Å². The van der Waals surface area contributed by atoms with Gasteiger partial charge in [0, 0.05) is 28.7 Å². The maximum Gasteiger partial charge on any atom is 4.00 e. The van der Waals surface area contributed by atoms with Crippen LogP contribution in [0.1, 0.15) is 99.2 Å². The molecule has 0 radical (unpaired) electrons. The Hall–Kier alpha value is -3.70. The van der Waals surface area contributed by atoms with Crippen molar-refractivity contribution >= 4 is 65.6 Å². The molecule has 8 bridgehead atoms. The van der Waals surface area contributed by atoms with Gasteiger partial charge in [-0.05, 0) is 65.5 Å². The average molecular weight is 698 g/mol. The minimum Gasteiger partial charge on any atom is -0.657 e. The molecule has 240 valence electrons. The average Bonchev–Trinajstić information content (AvgIpc) is 3.63. The van der Waals surface area contributed by atoms with Gasteiger partial charge in [0.05, 0.1) is 0 Å². The first-order valence-corrected chi connectivity index (χ1v) is 15.6. The Kier molecular flexibility index (Phi) is 10.4. The van der Waals surface area contributed by atoms with Crippen molar-refractivity contribution in [2.24, 2.45) is 5.73 Å². The van der Waals surface area contributed by atoms with E-state index in [9.17, 15) is 19.8 Å².